The molecule has 0 aromatic carbocycles. The smallest absolute Gasteiger partial charge is 0.337 e. The highest BCUT2D eigenvalue weighted by Crippen LogP contribution is 2.31. The summed E-state index contributed by atoms with van der Waals surface area (Å²) in [4.78, 5) is 35.7. The minimum Gasteiger partial charge on any atom is -0.403 e. The van der Waals surface area contributed by atoms with Crippen molar-refractivity contribution >= 4 is 16.8 Å². The van der Waals surface area contributed by atoms with E-state index in [0.29, 0.717) is 23.6 Å². The lowest BCUT2D eigenvalue weighted by molar-refractivity contribution is -0.0185. The van der Waals surface area contributed by atoms with Crippen LogP contribution in [0.3, 0.4) is 0 Å². The number of aryl methyl sites for hydroxylation is 1. The molecule has 0 atom stereocenters. The molecule has 0 unspecified atom stereocenters. The molecule has 0 bridgehead atoms. The fourth-order valence-electron chi connectivity index (χ4n) is 2.92. The molecule has 2 aromatic heterocycles. The Morgan fingerprint density at radius 2 is 2.04 bits per heavy atom. The molecule has 0 saturated heterocycles. The van der Waals surface area contributed by atoms with Crippen molar-refractivity contribution in [2.24, 2.45) is 11.1 Å². The first-order valence-corrected chi connectivity index (χ1v) is 8.91. The van der Waals surface area contributed by atoms with Gasteiger partial charge in [-0.25, -0.2) is 13.6 Å². The standard InChI is InChI=1S/C18H21F2N3O4/c1-10(2)3-4-11-9-13(24)26-16-14(11)15(25)21-17(22-16)27-23-12-5-7-18(19,20)8-6-12/h9-10H,3-8H2,1-2H3,(H,21,22,25). The molecule has 0 spiro atoms. The van der Waals surface area contributed by atoms with Gasteiger partial charge in [0.25, 0.3) is 5.56 Å². The molecule has 0 radical (unpaired) electrons. The molecule has 1 aliphatic carbocycles. The third kappa shape index (κ3) is 4.78. The third-order valence-electron chi connectivity index (χ3n) is 4.49. The zero-order valence-corrected chi connectivity index (χ0v) is 15.2. The van der Waals surface area contributed by atoms with Crippen LogP contribution in [0.2, 0.25) is 0 Å². The van der Waals surface area contributed by atoms with Crippen molar-refractivity contribution in [2.75, 3.05) is 0 Å². The van der Waals surface area contributed by atoms with Gasteiger partial charge in [-0.05, 0) is 37.2 Å². The van der Waals surface area contributed by atoms with Crippen molar-refractivity contribution in [1.82, 2.24) is 9.97 Å². The first-order valence-electron chi connectivity index (χ1n) is 8.91. The maximum atomic E-state index is 13.2. The van der Waals surface area contributed by atoms with E-state index in [1.165, 1.54) is 6.07 Å². The van der Waals surface area contributed by atoms with E-state index < -0.39 is 17.1 Å². The maximum Gasteiger partial charge on any atom is 0.337 e. The normalized spacial score (nSPS) is 16.7. The first-order chi connectivity index (χ1) is 12.7. The van der Waals surface area contributed by atoms with E-state index in [4.69, 9.17) is 9.25 Å². The van der Waals surface area contributed by atoms with Gasteiger partial charge in [0.15, 0.2) is 0 Å². The SMILES string of the molecule is CC(C)CCc1cc(=O)oc2nc(ON=C3CCC(F)(F)CC3)[nH]c(=O)c12. The number of oxime groups is 1. The van der Waals surface area contributed by atoms with Gasteiger partial charge in [0, 0.05) is 18.9 Å². The molecule has 2 heterocycles. The fourth-order valence-corrected chi connectivity index (χ4v) is 2.92. The number of aromatic nitrogens is 2. The zero-order chi connectivity index (χ0) is 19.6. The predicted molar refractivity (Wildman–Crippen MR) is 95.5 cm³/mol. The Labute approximate surface area is 153 Å². The number of aromatic amines is 1. The van der Waals surface area contributed by atoms with Crippen molar-refractivity contribution < 1.29 is 18.0 Å². The van der Waals surface area contributed by atoms with E-state index in [1.807, 2.05) is 13.8 Å². The summed E-state index contributed by atoms with van der Waals surface area (Å²) in [6.45, 7) is 4.09. The van der Waals surface area contributed by atoms with Gasteiger partial charge >= 0.3 is 11.6 Å². The van der Waals surface area contributed by atoms with Crippen molar-refractivity contribution in [3.8, 4) is 6.01 Å². The highest BCUT2D eigenvalue weighted by Gasteiger charge is 2.33. The van der Waals surface area contributed by atoms with Gasteiger partial charge in [-0.3, -0.25) is 9.78 Å². The molecule has 1 fully saturated rings. The summed E-state index contributed by atoms with van der Waals surface area (Å²) in [5, 5.41) is 4.00. The van der Waals surface area contributed by atoms with Gasteiger partial charge in [0.2, 0.25) is 11.6 Å². The summed E-state index contributed by atoms with van der Waals surface area (Å²) in [5.41, 5.74) is -0.207. The lowest BCUT2D eigenvalue weighted by Gasteiger charge is -2.21. The Morgan fingerprint density at radius 1 is 1.33 bits per heavy atom. The van der Waals surface area contributed by atoms with Gasteiger partial charge in [-0.2, -0.15) is 4.98 Å². The van der Waals surface area contributed by atoms with Crippen molar-refractivity contribution in [2.45, 2.75) is 58.3 Å². The highest BCUT2D eigenvalue weighted by atomic mass is 19.3. The Kier molecular flexibility index (Phi) is 5.38. The topological polar surface area (TPSA) is 97.5 Å². The van der Waals surface area contributed by atoms with Gasteiger partial charge in [-0.1, -0.05) is 19.0 Å². The van der Waals surface area contributed by atoms with Crippen LogP contribution >= 0.6 is 0 Å². The molecule has 1 saturated carbocycles. The lowest BCUT2D eigenvalue weighted by Crippen LogP contribution is -2.25. The van der Waals surface area contributed by atoms with Crippen LogP contribution in [0.25, 0.3) is 11.1 Å². The number of fused-ring (bicyclic) bond motifs is 1. The van der Waals surface area contributed by atoms with E-state index in [-0.39, 0.29) is 42.8 Å². The fraction of sp³-hybridized carbons (Fsp3) is 0.556. The Morgan fingerprint density at radius 3 is 2.70 bits per heavy atom. The monoisotopic (exact) mass is 381 g/mol. The Hall–Kier alpha value is -2.58. The second kappa shape index (κ2) is 7.58. The minimum absolute atomic E-state index is 0.110. The largest absolute Gasteiger partial charge is 0.403 e. The maximum absolute atomic E-state index is 13.2. The van der Waals surface area contributed by atoms with Gasteiger partial charge in [0.1, 0.15) is 5.39 Å². The van der Waals surface area contributed by atoms with Gasteiger partial charge < -0.3 is 9.25 Å². The molecular weight excluding hydrogens is 360 g/mol. The Bertz CT molecular complexity index is 967. The molecule has 0 aliphatic heterocycles. The molecule has 0 amide bonds. The number of rotatable bonds is 5. The van der Waals surface area contributed by atoms with Crippen LogP contribution in [0.5, 0.6) is 6.01 Å². The number of halogens is 2. The zero-order valence-electron chi connectivity index (χ0n) is 15.2. The minimum atomic E-state index is -2.68. The van der Waals surface area contributed by atoms with Gasteiger partial charge in [0.05, 0.1) is 5.71 Å². The molecule has 1 aliphatic rings. The van der Waals surface area contributed by atoms with E-state index >= 15 is 0 Å². The molecule has 9 heteroatoms. The van der Waals surface area contributed by atoms with E-state index in [9.17, 15) is 18.4 Å². The van der Waals surface area contributed by atoms with Crippen molar-refractivity contribution in [3.63, 3.8) is 0 Å². The van der Waals surface area contributed by atoms with E-state index in [1.54, 1.807) is 0 Å². The Balaban J connectivity index is 1.86. The van der Waals surface area contributed by atoms with Crippen LogP contribution in [-0.4, -0.2) is 21.6 Å². The molecule has 3 rings (SSSR count). The van der Waals surface area contributed by atoms with E-state index in [0.717, 1.165) is 6.42 Å². The third-order valence-corrected chi connectivity index (χ3v) is 4.49. The second-order valence-corrected chi connectivity index (χ2v) is 7.18. The van der Waals surface area contributed by atoms with Crippen LogP contribution in [0.4, 0.5) is 8.78 Å². The summed E-state index contributed by atoms with van der Waals surface area (Å²) in [5.74, 6) is -2.27. The van der Waals surface area contributed by atoms with Crippen LogP contribution in [0.1, 0.15) is 51.5 Å². The average Bonchev–Trinajstić information content (AvgIpc) is 2.58. The van der Waals surface area contributed by atoms with Crippen molar-refractivity contribution in [1.29, 1.82) is 0 Å². The number of hydrogen-bond donors (Lipinski definition) is 1. The quantitative estimate of drug-likeness (QED) is 0.801. The summed E-state index contributed by atoms with van der Waals surface area (Å²) < 4.78 is 31.4. The summed E-state index contributed by atoms with van der Waals surface area (Å²) in [6, 6.07) is 1.05. The highest BCUT2D eigenvalue weighted by molar-refractivity contribution is 5.84. The van der Waals surface area contributed by atoms with Crippen LogP contribution in [0.15, 0.2) is 25.2 Å². The van der Waals surface area contributed by atoms with Crippen LogP contribution in [0, 0.1) is 5.92 Å². The number of nitrogens with one attached hydrogen (secondary N) is 1. The predicted octanol–water partition coefficient (Wildman–Crippen LogP) is 3.41. The molecule has 1 N–H and O–H groups in total. The average molecular weight is 381 g/mol. The van der Waals surface area contributed by atoms with Crippen LogP contribution < -0.4 is 16.0 Å². The van der Waals surface area contributed by atoms with Gasteiger partial charge in [-0.15, -0.1) is 0 Å². The summed E-state index contributed by atoms with van der Waals surface area (Å²) in [7, 11) is 0. The summed E-state index contributed by atoms with van der Waals surface area (Å²) >= 11 is 0. The molecule has 2 aromatic rings. The molecule has 146 valence electrons. The van der Waals surface area contributed by atoms with Crippen molar-refractivity contribution in [3.05, 3.63) is 32.4 Å². The first kappa shape index (κ1) is 19.2. The second-order valence-electron chi connectivity index (χ2n) is 7.18. The van der Waals surface area contributed by atoms with Crippen LogP contribution in [-0.2, 0) is 6.42 Å². The number of nitrogens with zero attached hydrogens (tertiary/aromatic N) is 2. The lowest BCUT2D eigenvalue weighted by atomic mass is 9.95. The number of alkyl halides is 2. The molecule has 27 heavy (non-hydrogen) atoms. The molecule has 7 nitrogen and oxygen atoms in total. The van der Waals surface area contributed by atoms with E-state index in [2.05, 4.69) is 15.1 Å². The molecular formula is C18H21F2N3O4. The number of H-pyrrole nitrogens is 1. The summed E-state index contributed by atoms with van der Waals surface area (Å²) in [6.07, 6.45) is 0.990. The number of hydrogen-bond acceptors (Lipinski definition) is 6.